The van der Waals surface area contributed by atoms with E-state index in [2.05, 4.69) is 4.72 Å². The fourth-order valence-corrected chi connectivity index (χ4v) is 5.44. The minimum absolute atomic E-state index is 0.285. The summed E-state index contributed by atoms with van der Waals surface area (Å²) in [6.07, 6.45) is 4.90. The van der Waals surface area contributed by atoms with Gasteiger partial charge in [0.15, 0.2) is 0 Å². The summed E-state index contributed by atoms with van der Waals surface area (Å²) in [5.41, 5.74) is 5.86. The van der Waals surface area contributed by atoms with Gasteiger partial charge in [-0.25, -0.2) is 13.1 Å². The van der Waals surface area contributed by atoms with Gasteiger partial charge in [0.25, 0.3) is 0 Å². The van der Waals surface area contributed by atoms with Crippen molar-refractivity contribution >= 4 is 21.4 Å². The molecule has 6 heteroatoms. The number of nitrogens with two attached hydrogens (primary N) is 1. The van der Waals surface area contributed by atoms with Crippen LogP contribution in [0.5, 0.6) is 0 Å². The predicted octanol–water partition coefficient (Wildman–Crippen LogP) is 1.98. The molecule has 0 saturated heterocycles. The molecule has 0 bridgehead atoms. The Bertz CT molecular complexity index is 584. The predicted molar refractivity (Wildman–Crippen MR) is 76.5 cm³/mol. The maximum atomic E-state index is 12.4. The van der Waals surface area contributed by atoms with Crippen molar-refractivity contribution in [2.24, 2.45) is 17.1 Å². The first kappa shape index (κ1) is 13.5. The van der Waals surface area contributed by atoms with Crippen LogP contribution in [0.3, 0.4) is 0 Å². The van der Waals surface area contributed by atoms with E-state index in [4.69, 9.17) is 5.73 Å². The molecule has 19 heavy (non-hydrogen) atoms. The summed E-state index contributed by atoms with van der Waals surface area (Å²) in [6.45, 7) is 2.84. The van der Waals surface area contributed by atoms with E-state index in [1.54, 1.807) is 6.07 Å². The van der Waals surface area contributed by atoms with E-state index in [0.29, 0.717) is 18.0 Å². The molecular weight excluding hydrogens is 280 g/mol. The zero-order valence-electron chi connectivity index (χ0n) is 11.1. The lowest BCUT2D eigenvalue weighted by Crippen LogP contribution is -2.31. The van der Waals surface area contributed by atoms with Crippen molar-refractivity contribution in [3.63, 3.8) is 0 Å². The molecule has 2 aliphatic carbocycles. The Morgan fingerprint density at radius 1 is 1.47 bits per heavy atom. The zero-order valence-corrected chi connectivity index (χ0v) is 12.7. The summed E-state index contributed by atoms with van der Waals surface area (Å²) >= 11 is 1.46. The van der Waals surface area contributed by atoms with Gasteiger partial charge in [-0.15, -0.1) is 11.3 Å². The number of sulfonamides is 1. The fourth-order valence-electron chi connectivity index (χ4n) is 2.79. The van der Waals surface area contributed by atoms with E-state index < -0.39 is 10.0 Å². The first-order valence-corrected chi connectivity index (χ1v) is 9.06. The van der Waals surface area contributed by atoms with Crippen LogP contribution in [0.1, 0.15) is 35.4 Å². The largest absolute Gasteiger partial charge is 0.326 e. The van der Waals surface area contributed by atoms with Crippen LogP contribution in [-0.4, -0.2) is 15.0 Å². The van der Waals surface area contributed by atoms with Crippen LogP contribution in [0.4, 0.5) is 0 Å². The second kappa shape index (κ2) is 4.55. The van der Waals surface area contributed by atoms with Crippen LogP contribution < -0.4 is 10.5 Å². The van der Waals surface area contributed by atoms with Crippen LogP contribution in [0.25, 0.3) is 0 Å². The maximum absolute atomic E-state index is 12.4. The Kier molecular flexibility index (Phi) is 3.24. The van der Waals surface area contributed by atoms with Crippen molar-refractivity contribution < 1.29 is 8.42 Å². The minimum atomic E-state index is -3.37. The van der Waals surface area contributed by atoms with Gasteiger partial charge in [-0.1, -0.05) is 0 Å². The lowest BCUT2D eigenvalue weighted by Gasteiger charge is -2.15. The standard InChI is InChI=1S/C13H20N2O2S2/c1-9-12(6-11(7-14)18-9)19(16,17)15-8-13(4-5-13)10-2-3-10/h6,10,15H,2-5,7-8,14H2,1H3. The van der Waals surface area contributed by atoms with Gasteiger partial charge in [-0.05, 0) is 50.0 Å². The third-order valence-electron chi connectivity index (χ3n) is 4.36. The topological polar surface area (TPSA) is 72.2 Å². The molecule has 2 fully saturated rings. The molecule has 0 unspecified atom stereocenters. The molecule has 2 aliphatic rings. The van der Waals surface area contributed by atoms with E-state index in [1.165, 1.54) is 37.0 Å². The molecule has 3 rings (SSSR count). The second-order valence-electron chi connectivity index (χ2n) is 5.80. The number of thiophene rings is 1. The molecule has 1 aromatic rings. The first-order chi connectivity index (χ1) is 8.97. The summed E-state index contributed by atoms with van der Waals surface area (Å²) in [4.78, 5) is 2.15. The Labute approximate surface area is 118 Å². The summed E-state index contributed by atoms with van der Waals surface area (Å²) in [6, 6.07) is 1.71. The summed E-state index contributed by atoms with van der Waals surface area (Å²) in [5, 5.41) is 0. The van der Waals surface area contributed by atoms with Crippen molar-refractivity contribution in [2.75, 3.05) is 6.54 Å². The average Bonchev–Trinajstić information content (AvgIpc) is 3.24. The van der Waals surface area contributed by atoms with E-state index in [9.17, 15) is 8.42 Å². The molecule has 0 aromatic carbocycles. The van der Waals surface area contributed by atoms with Crippen molar-refractivity contribution in [2.45, 2.75) is 44.0 Å². The fraction of sp³-hybridized carbons (Fsp3) is 0.692. The van der Waals surface area contributed by atoms with E-state index in [-0.39, 0.29) is 5.41 Å². The van der Waals surface area contributed by atoms with Gasteiger partial charge in [0.05, 0.1) is 4.90 Å². The van der Waals surface area contributed by atoms with E-state index in [1.807, 2.05) is 6.92 Å². The first-order valence-electron chi connectivity index (χ1n) is 6.76. The lowest BCUT2D eigenvalue weighted by molar-refractivity contribution is 0.432. The Morgan fingerprint density at radius 2 is 2.16 bits per heavy atom. The molecule has 1 heterocycles. The Balaban J connectivity index is 1.73. The van der Waals surface area contributed by atoms with Gasteiger partial charge in [0.2, 0.25) is 10.0 Å². The van der Waals surface area contributed by atoms with Crippen molar-refractivity contribution in [1.82, 2.24) is 4.72 Å². The summed E-state index contributed by atoms with van der Waals surface area (Å²) in [7, 11) is -3.37. The number of hydrogen-bond donors (Lipinski definition) is 2. The van der Waals surface area contributed by atoms with Gasteiger partial charge < -0.3 is 5.73 Å². The second-order valence-corrected chi connectivity index (χ2v) is 8.87. The third kappa shape index (κ3) is 2.59. The van der Waals surface area contributed by atoms with Crippen LogP contribution in [0.15, 0.2) is 11.0 Å². The third-order valence-corrected chi connectivity index (χ3v) is 7.09. The molecule has 3 N–H and O–H groups in total. The maximum Gasteiger partial charge on any atom is 0.241 e. The van der Waals surface area contributed by atoms with Crippen molar-refractivity contribution in [3.05, 3.63) is 15.8 Å². The molecule has 0 aliphatic heterocycles. The number of nitrogens with one attached hydrogen (secondary N) is 1. The molecule has 0 atom stereocenters. The number of hydrogen-bond acceptors (Lipinski definition) is 4. The highest BCUT2D eigenvalue weighted by Gasteiger charge is 2.53. The molecule has 0 spiro atoms. The molecule has 1 aromatic heterocycles. The monoisotopic (exact) mass is 300 g/mol. The van der Waals surface area contributed by atoms with Gasteiger partial charge in [0, 0.05) is 22.8 Å². The highest BCUT2D eigenvalue weighted by Crippen LogP contribution is 2.60. The lowest BCUT2D eigenvalue weighted by atomic mass is 10.0. The average molecular weight is 300 g/mol. The quantitative estimate of drug-likeness (QED) is 0.844. The van der Waals surface area contributed by atoms with Crippen LogP contribution in [0.2, 0.25) is 0 Å². The van der Waals surface area contributed by atoms with Crippen LogP contribution >= 0.6 is 11.3 Å². The van der Waals surface area contributed by atoms with Crippen LogP contribution in [-0.2, 0) is 16.6 Å². The van der Waals surface area contributed by atoms with Crippen LogP contribution in [0, 0.1) is 18.3 Å². The Hall–Kier alpha value is -0.430. The molecule has 4 nitrogen and oxygen atoms in total. The highest BCUT2D eigenvalue weighted by atomic mass is 32.2. The number of aryl methyl sites for hydroxylation is 1. The number of rotatable bonds is 6. The molecule has 2 saturated carbocycles. The van der Waals surface area contributed by atoms with E-state index in [0.717, 1.165) is 15.7 Å². The SMILES string of the molecule is Cc1sc(CN)cc1S(=O)(=O)NCC1(C2CC2)CC1. The zero-order chi connectivity index (χ0) is 13.7. The van der Waals surface area contributed by atoms with Gasteiger partial charge in [0.1, 0.15) is 0 Å². The molecule has 106 valence electrons. The summed E-state index contributed by atoms with van der Waals surface area (Å²) < 4.78 is 27.5. The van der Waals surface area contributed by atoms with E-state index >= 15 is 0 Å². The van der Waals surface area contributed by atoms with Gasteiger partial charge >= 0.3 is 0 Å². The highest BCUT2D eigenvalue weighted by molar-refractivity contribution is 7.89. The van der Waals surface area contributed by atoms with Gasteiger partial charge in [-0.3, -0.25) is 0 Å². The molecule has 0 amide bonds. The van der Waals surface area contributed by atoms with Crippen molar-refractivity contribution in [1.29, 1.82) is 0 Å². The van der Waals surface area contributed by atoms with Crippen molar-refractivity contribution in [3.8, 4) is 0 Å². The summed E-state index contributed by atoms with van der Waals surface area (Å²) in [5.74, 6) is 0.762. The van der Waals surface area contributed by atoms with Gasteiger partial charge in [-0.2, -0.15) is 0 Å². The normalized spacial score (nSPS) is 21.6. The molecular formula is C13H20N2O2S2. The minimum Gasteiger partial charge on any atom is -0.326 e. The Morgan fingerprint density at radius 3 is 2.63 bits per heavy atom. The molecule has 0 radical (unpaired) electrons. The smallest absolute Gasteiger partial charge is 0.241 e.